The maximum absolute atomic E-state index is 10.0. The molecule has 14 heavy (non-hydrogen) atoms. The monoisotopic (exact) mass is 198 g/mol. The Morgan fingerprint density at radius 3 is 2.21 bits per heavy atom. The third-order valence-electron chi connectivity index (χ3n) is 2.89. The zero-order valence-corrected chi connectivity index (χ0v) is 9.04. The number of rotatable bonds is 9. The number of aldehydes is 1. The summed E-state index contributed by atoms with van der Waals surface area (Å²) < 4.78 is 5.12. The van der Waals surface area contributed by atoms with E-state index in [1.54, 1.807) is 0 Å². The van der Waals surface area contributed by atoms with Gasteiger partial charge in [-0.15, -0.1) is 0 Å². The highest BCUT2D eigenvalue weighted by atomic mass is 16.5. The van der Waals surface area contributed by atoms with Crippen molar-refractivity contribution in [3.8, 4) is 0 Å². The highest BCUT2D eigenvalue weighted by molar-refractivity contribution is 5.48. The van der Waals surface area contributed by atoms with Crippen LogP contribution in [0.2, 0.25) is 0 Å². The first-order valence-electron chi connectivity index (χ1n) is 5.95. The van der Waals surface area contributed by atoms with Crippen LogP contribution in [0.25, 0.3) is 0 Å². The molecule has 1 aliphatic heterocycles. The molecule has 1 aliphatic rings. The maximum atomic E-state index is 10.0. The Bertz CT molecular complexity index is 141. The molecule has 2 nitrogen and oxygen atoms in total. The molecule has 0 amide bonds. The second-order valence-electron chi connectivity index (χ2n) is 4.27. The Labute approximate surface area is 87.0 Å². The van der Waals surface area contributed by atoms with Gasteiger partial charge in [0.1, 0.15) is 6.29 Å². The summed E-state index contributed by atoms with van der Waals surface area (Å²) in [5.41, 5.74) is 0. The van der Waals surface area contributed by atoms with E-state index in [0.717, 1.165) is 38.3 Å². The van der Waals surface area contributed by atoms with Crippen molar-refractivity contribution in [2.45, 2.75) is 51.4 Å². The molecule has 0 bridgehead atoms. The van der Waals surface area contributed by atoms with E-state index in [1.807, 2.05) is 0 Å². The lowest BCUT2D eigenvalue weighted by Gasteiger charge is -2.25. The van der Waals surface area contributed by atoms with Gasteiger partial charge in [-0.25, -0.2) is 0 Å². The molecule has 1 heterocycles. The molecule has 0 unspecified atom stereocenters. The van der Waals surface area contributed by atoms with Gasteiger partial charge >= 0.3 is 0 Å². The molecule has 0 aromatic carbocycles. The van der Waals surface area contributed by atoms with E-state index in [2.05, 4.69) is 0 Å². The average molecular weight is 198 g/mol. The van der Waals surface area contributed by atoms with E-state index in [1.165, 1.54) is 38.5 Å². The largest absolute Gasteiger partial charge is 0.381 e. The highest BCUT2D eigenvalue weighted by Gasteiger charge is 2.16. The Kier molecular flexibility index (Phi) is 6.67. The first kappa shape index (κ1) is 11.7. The molecule has 0 spiro atoms. The lowest BCUT2D eigenvalue weighted by Crippen LogP contribution is -2.27. The van der Waals surface area contributed by atoms with Crippen LogP contribution in [0.1, 0.15) is 51.4 Å². The molecule has 82 valence electrons. The molecule has 1 fully saturated rings. The summed E-state index contributed by atoms with van der Waals surface area (Å²) in [5.74, 6) is 0.866. The molecule has 0 atom stereocenters. The minimum absolute atomic E-state index is 0.749. The molecule has 2 heteroatoms. The molecule has 1 saturated heterocycles. The van der Waals surface area contributed by atoms with E-state index in [9.17, 15) is 4.79 Å². The van der Waals surface area contributed by atoms with Crippen LogP contribution in [0.5, 0.6) is 0 Å². The molecular weight excluding hydrogens is 176 g/mol. The molecule has 0 saturated carbocycles. The van der Waals surface area contributed by atoms with Crippen LogP contribution in [0.15, 0.2) is 0 Å². The van der Waals surface area contributed by atoms with Gasteiger partial charge in [-0.2, -0.15) is 0 Å². The Morgan fingerprint density at radius 2 is 1.64 bits per heavy atom. The number of hydrogen-bond acceptors (Lipinski definition) is 2. The average Bonchev–Trinajstić information content (AvgIpc) is 2.13. The standard InChI is InChI=1S/C12H22O2/c13-9-7-5-3-1-2-4-6-8-12-10-14-11-12/h9,12H,1-8,10-11H2. The summed E-state index contributed by atoms with van der Waals surface area (Å²) in [6.45, 7) is 2.00. The number of unbranched alkanes of at least 4 members (excludes halogenated alkanes) is 6. The van der Waals surface area contributed by atoms with Crippen molar-refractivity contribution in [2.24, 2.45) is 5.92 Å². The van der Waals surface area contributed by atoms with Gasteiger partial charge in [0.05, 0.1) is 13.2 Å². The van der Waals surface area contributed by atoms with Crippen LogP contribution in [0.4, 0.5) is 0 Å². The van der Waals surface area contributed by atoms with E-state index in [0.29, 0.717) is 0 Å². The first-order valence-corrected chi connectivity index (χ1v) is 5.95. The zero-order valence-electron chi connectivity index (χ0n) is 9.04. The SMILES string of the molecule is O=CCCCCCCCCC1COC1. The lowest BCUT2D eigenvalue weighted by atomic mass is 9.99. The zero-order chi connectivity index (χ0) is 10.1. The summed E-state index contributed by atoms with van der Waals surface area (Å²) in [6.07, 6.45) is 10.8. The second-order valence-corrected chi connectivity index (χ2v) is 4.27. The fourth-order valence-electron chi connectivity index (χ4n) is 1.82. The third kappa shape index (κ3) is 5.38. The number of hydrogen-bond donors (Lipinski definition) is 0. The maximum Gasteiger partial charge on any atom is 0.119 e. The van der Waals surface area contributed by atoms with Gasteiger partial charge in [-0.3, -0.25) is 0 Å². The Hall–Kier alpha value is -0.370. The van der Waals surface area contributed by atoms with Crippen molar-refractivity contribution in [3.05, 3.63) is 0 Å². The van der Waals surface area contributed by atoms with E-state index < -0.39 is 0 Å². The lowest BCUT2D eigenvalue weighted by molar-refractivity contribution is -0.107. The van der Waals surface area contributed by atoms with E-state index in [4.69, 9.17) is 4.74 Å². The van der Waals surface area contributed by atoms with Crippen molar-refractivity contribution < 1.29 is 9.53 Å². The fraction of sp³-hybridized carbons (Fsp3) is 0.917. The van der Waals surface area contributed by atoms with Gasteiger partial charge in [0.2, 0.25) is 0 Å². The normalized spacial score (nSPS) is 16.6. The van der Waals surface area contributed by atoms with Crippen LogP contribution in [-0.2, 0) is 9.53 Å². The quantitative estimate of drug-likeness (QED) is 0.420. The summed E-state index contributed by atoms with van der Waals surface area (Å²) in [7, 11) is 0. The van der Waals surface area contributed by atoms with Crippen molar-refractivity contribution >= 4 is 6.29 Å². The van der Waals surface area contributed by atoms with Gasteiger partial charge in [0, 0.05) is 12.3 Å². The number of ether oxygens (including phenoxy) is 1. The predicted molar refractivity (Wildman–Crippen MR) is 57.3 cm³/mol. The van der Waals surface area contributed by atoms with Crippen molar-refractivity contribution in [1.29, 1.82) is 0 Å². The first-order chi connectivity index (χ1) is 6.93. The number of carbonyl (C=O) groups excluding carboxylic acids is 1. The minimum atomic E-state index is 0.749. The predicted octanol–water partition coefficient (Wildman–Crippen LogP) is 2.95. The van der Waals surface area contributed by atoms with Gasteiger partial charge in [-0.1, -0.05) is 32.1 Å². The van der Waals surface area contributed by atoms with Crippen LogP contribution in [0, 0.1) is 5.92 Å². The van der Waals surface area contributed by atoms with Gasteiger partial charge in [-0.05, 0) is 12.8 Å². The molecule has 0 aliphatic carbocycles. The smallest absolute Gasteiger partial charge is 0.119 e. The molecule has 0 radical (unpaired) electrons. The van der Waals surface area contributed by atoms with Crippen molar-refractivity contribution in [2.75, 3.05) is 13.2 Å². The van der Waals surface area contributed by atoms with E-state index in [-0.39, 0.29) is 0 Å². The summed E-state index contributed by atoms with van der Waals surface area (Å²) in [5, 5.41) is 0. The molecule has 1 rings (SSSR count). The van der Waals surface area contributed by atoms with Crippen molar-refractivity contribution in [1.82, 2.24) is 0 Å². The Morgan fingerprint density at radius 1 is 1.00 bits per heavy atom. The summed E-state index contributed by atoms with van der Waals surface area (Å²) in [4.78, 5) is 10.0. The van der Waals surface area contributed by atoms with Crippen molar-refractivity contribution in [3.63, 3.8) is 0 Å². The highest BCUT2D eigenvalue weighted by Crippen LogP contribution is 2.18. The molecule has 0 aromatic rings. The minimum Gasteiger partial charge on any atom is -0.381 e. The molecular formula is C12H22O2. The second kappa shape index (κ2) is 7.98. The number of carbonyl (C=O) groups is 1. The fourth-order valence-corrected chi connectivity index (χ4v) is 1.82. The topological polar surface area (TPSA) is 26.3 Å². The Balaban J connectivity index is 1.69. The summed E-state index contributed by atoms with van der Waals surface area (Å²) in [6, 6.07) is 0. The van der Waals surface area contributed by atoms with Crippen LogP contribution in [-0.4, -0.2) is 19.5 Å². The van der Waals surface area contributed by atoms with E-state index >= 15 is 0 Å². The third-order valence-corrected chi connectivity index (χ3v) is 2.89. The van der Waals surface area contributed by atoms with Crippen LogP contribution >= 0.6 is 0 Å². The van der Waals surface area contributed by atoms with Gasteiger partial charge < -0.3 is 9.53 Å². The molecule has 0 N–H and O–H groups in total. The van der Waals surface area contributed by atoms with Gasteiger partial charge in [0.15, 0.2) is 0 Å². The van der Waals surface area contributed by atoms with Gasteiger partial charge in [0.25, 0.3) is 0 Å². The molecule has 0 aromatic heterocycles. The summed E-state index contributed by atoms with van der Waals surface area (Å²) >= 11 is 0. The van der Waals surface area contributed by atoms with Crippen LogP contribution < -0.4 is 0 Å². The van der Waals surface area contributed by atoms with Crippen LogP contribution in [0.3, 0.4) is 0 Å².